The Bertz CT molecular complexity index is 1040. The maximum atomic E-state index is 13.5. The van der Waals surface area contributed by atoms with Crippen molar-refractivity contribution in [2.24, 2.45) is 0 Å². The fourth-order valence-electron chi connectivity index (χ4n) is 3.06. The van der Waals surface area contributed by atoms with Crippen LogP contribution in [0, 0.1) is 5.82 Å². The number of imidazole rings is 1. The molecule has 0 aliphatic heterocycles. The minimum Gasteiger partial charge on any atom is -0.385 e. The van der Waals surface area contributed by atoms with Gasteiger partial charge in [0.1, 0.15) is 16.5 Å². The van der Waals surface area contributed by atoms with Gasteiger partial charge in [-0.1, -0.05) is 23.7 Å². The van der Waals surface area contributed by atoms with Gasteiger partial charge in [0.2, 0.25) is 11.9 Å². The van der Waals surface area contributed by atoms with Crippen LogP contribution in [0.15, 0.2) is 36.4 Å². The molecule has 28 heavy (non-hydrogen) atoms. The summed E-state index contributed by atoms with van der Waals surface area (Å²) < 4.78 is 15.3. The van der Waals surface area contributed by atoms with Crippen LogP contribution in [-0.2, 0) is 15.9 Å². The van der Waals surface area contributed by atoms with Crippen molar-refractivity contribution in [1.29, 1.82) is 0 Å². The number of anilines is 1. The van der Waals surface area contributed by atoms with Crippen LogP contribution in [0.1, 0.15) is 39.7 Å². The van der Waals surface area contributed by atoms with E-state index < -0.39 is 22.9 Å². The van der Waals surface area contributed by atoms with Gasteiger partial charge in [-0.2, -0.15) is 0 Å². The van der Waals surface area contributed by atoms with Crippen LogP contribution in [0.4, 0.5) is 10.3 Å². The first-order valence-corrected chi connectivity index (χ1v) is 9.19. The van der Waals surface area contributed by atoms with Crippen molar-refractivity contribution in [1.82, 2.24) is 14.5 Å². The van der Waals surface area contributed by atoms with Gasteiger partial charge in [0.25, 0.3) is 0 Å². The Morgan fingerprint density at radius 3 is 2.57 bits per heavy atom. The lowest BCUT2D eigenvalue weighted by Crippen LogP contribution is -2.31. The molecule has 0 aliphatic carbocycles. The number of nitrogens with one attached hydrogen (secondary N) is 1. The van der Waals surface area contributed by atoms with Gasteiger partial charge in [-0.25, -0.2) is 14.4 Å². The van der Waals surface area contributed by atoms with Gasteiger partial charge in [-0.15, -0.1) is 0 Å². The van der Waals surface area contributed by atoms with Gasteiger partial charge >= 0.3 is 0 Å². The highest BCUT2D eigenvalue weighted by Crippen LogP contribution is 2.29. The molecule has 3 rings (SSSR count). The van der Waals surface area contributed by atoms with E-state index in [2.05, 4.69) is 15.3 Å². The number of benzene rings is 1. The lowest BCUT2D eigenvalue weighted by molar-refractivity contribution is -0.120. The molecule has 1 aromatic carbocycles. The third kappa shape index (κ3) is 4.15. The minimum absolute atomic E-state index is 0.266. The highest BCUT2D eigenvalue weighted by molar-refractivity contribution is 6.29. The lowest BCUT2D eigenvalue weighted by atomic mass is 9.92. The van der Waals surface area contributed by atoms with Crippen LogP contribution in [0.3, 0.4) is 0 Å². The summed E-state index contributed by atoms with van der Waals surface area (Å²) in [5, 5.41) is 13.7. The third-order valence-electron chi connectivity index (χ3n) is 4.34. The molecule has 0 aliphatic rings. The molecule has 3 aromatic rings. The normalized spacial score (nSPS) is 14.1. The minimum atomic E-state index is -1.54. The molecule has 0 saturated carbocycles. The van der Waals surface area contributed by atoms with Crippen LogP contribution in [0.2, 0.25) is 5.15 Å². The summed E-state index contributed by atoms with van der Waals surface area (Å²) in [5.74, 6) is -0.630. The summed E-state index contributed by atoms with van der Waals surface area (Å²) in [6.45, 7) is 7.33. The van der Waals surface area contributed by atoms with Gasteiger partial charge in [-0.05, 0) is 57.5 Å². The molecule has 2 heterocycles. The van der Waals surface area contributed by atoms with E-state index in [1.165, 1.54) is 25.1 Å². The SMILES string of the molecule is CC(C)(C)n1c(NC(=O)C[C@](C)(O)c2cccc(F)c2)nc2ccc(Cl)nc21. The van der Waals surface area contributed by atoms with Crippen LogP contribution in [0.5, 0.6) is 0 Å². The average molecular weight is 405 g/mol. The topological polar surface area (TPSA) is 80.0 Å². The molecule has 1 atom stereocenters. The quantitative estimate of drug-likeness (QED) is 0.638. The zero-order chi connectivity index (χ0) is 20.7. The molecular weight excluding hydrogens is 383 g/mol. The monoisotopic (exact) mass is 404 g/mol. The first kappa shape index (κ1) is 20.2. The number of nitrogens with zero attached hydrogens (tertiary/aromatic N) is 3. The number of halogens is 2. The second-order valence-corrected chi connectivity index (χ2v) is 8.31. The van der Waals surface area contributed by atoms with Crippen molar-refractivity contribution in [3.63, 3.8) is 0 Å². The van der Waals surface area contributed by atoms with E-state index in [-0.39, 0.29) is 6.42 Å². The largest absolute Gasteiger partial charge is 0.385 e. The van der Waals surface area contributed by atoms with Gasteiger partial charge in [0, 0.05) is 5.54 Å². The van der Waals surface area contributed by atoms with E-state index in [4.69, 9.17) is 11.6 Å². The lowest BCUT2D eigenvalue weighted by Gasteiger charge is -2.25. The molecular formula is C20H22ClFN4O2. The first-order valence-electron chi connectivity index (χ1n) is 8.81. The molecule has 2 N–H and O–H groups in total. The maximum Gasteiger partial charge on any atom is 0.229 e. The first-order chi connectivity index (χ1) is 13.0. The number of aliphatic hydroxyl groups is 1. The van der Waals surface area contributed by atoms with Crippen molar-refractivity contribution < 1.29 is 14.3 Å². The fourth-order valence-corrected chi connectivity index (χ4v) is 3.20. The van der Waals surface area contributed by atoms with E-state index >= 15 is 0 Å². The summed E-state index contributed by atoms with van der Waals surface area (Å²) in [5.41, 5.74) is -0.508. The Balaban J connectivity index is 1.91. The number of amides is 1. The summed E-state index contributed by atoms with van der Waals surface area (Å²) in [4.78, 5) is 21.4. The molecule has 0 unspecified atom stereocenters. The van der Waals surface area contributed by atoms with Crippen molar-refractivity contribution >= 4 is 34.6 Å². The second kappa shape index (κ2) is 7.14. The molecule has 0 saturated heterocycles. The zero-order valence-electron chi connectivity index (χ0n) is 16.1. The number of aromatic nitrogens is 3. The summed E-state index contributed by atoms with van der Waals surface area (Å²) in [6, 6.07) is 8.92. The van der Waals surface area contributed by atoms with Crippen LogP contribution in [0.25, 0.3) is 11.2 Å². The molecule has 0 radical (unpaired) electrons. The number of carbonyl (C=O) groups excluding carboxylic acids is 1. The van der Waals surface area contributed by atoms with E-state index in [9.17, 15) is 14.3 Å². The highest BCUT2D eigenvalue weighted by Gasteiger charge is 2.29. The molecule has 0 fully saturated rings. The van der Waals surface area contributed by atoms with E-state index in [1.54, 1.807) is 22.8 Å². The Hall–Kier alpha value is -2.51. The van der Waals surface area contributed by atoms with Crippen molar-refractivity contribution in [2.75, 3.05) is 5.32 Å². The Morgan fingerprint density at radius 1 is 1.21 bits per heavy atom. The Morgan fingerprint density at radius 2 is 1.93 bits per heavy atom. The van der Waals surface area contributed by atoms with Gasteiger partial charge < -0.3 is 5.11 Å². The predicted molar refractivity (Wildman–Crippen MR) is 107 cm³/mol. The van der Waals surface area contributed by atoms with Crippen molar-refractivity contribution in [2.45, 2.75) is 45.3 Å². The molecule has 8 heteroatoms. The van der Waals surface area contributed by atoms with Gasteiger partial charge in [0.15, 0.2) is 5.65 Å². The average Bonchev–Trinajstić information content (AvgIpc) is 2.91. The Labute approximate surface area is 167 Å². The van der Waals surface area contributed by atoms with Gasteiger partial charge in [-0.3, -0.25) is 14.7 Å². The number of hydrogen-bond acceptors (Lipinski definition) is 4. The molecule has 0 spiro atoms. The van der Waals surface area contributed by atoms with E-state index in [0.29, 0.717) is 27.8 Å². The number of pyridine rings is 1. The maximum absolute atomic E-state index is 13.5. The molecule has 148 valence electrons. The van der Waals surface area contributed by atoms with Crippen molar-refractivity contribution in [3.8, 4) is 0 Å². The van der Waals surface area contributed by atoms with Crippen LogP contribution < -0.4 is 5.32 Å². The highest BCUT2D eigenvalue weighted by atomic mass is 35.5. The molecule has 0 bridgehead atoms. The fraction of sp³-hybridized carbons (Fsp3) is 0.350. The summed E-state index contributed by atoms with van der Waals surface area (Å²) in [7, 11) is 0. The van der Waals surface area contributed by atoms with Gasteiger partial charge in [0.05, 0.1) is 12.0 Å². The van der Waals surface area contributed by atoms with Crippen LogP contribution in [-0.4, -0.2) is 25.5 Å². The van der Waals surface area contributed by atoms with E-state index in [1.807, 2.05) is 20.8 Å². The Kier molecular flexibility index (Phi) is 5.16. The smallest absolute Gasteiger partial charge is 0.229 e. The standard InChI is InChI=1S/C20H22ClFN4O2/c1-19(2,3)26-17-14(8-9-15(21)24-17)23-18(26)25-16(27)11-20(4,28)12-6-5-7-13(22)10-12/h5-10,28H,11H2,1-4H3,(H,23,25,27)/t20-/m0/s1. The van der Waals surface area contributed by atoms with Crippen molar-refractivity contribution in [3.05, 3.63) is 52.9 Å². The van der Waals surface area contributed by atoms with Crippen LogP contribution >= 0.6 is 11.6 Å². The number of hydrogen-bond donors (Lipinski definition) is 2. The number of carbonyl (C=O) groups is 1. The number of fused-ring (bicyclic) bond motifs is 1. The molecule has 6 nitrogen and oxygen atoms in total. The predicted octanol–water partition coefficient (Wildman–Crippen LogP) is 4.22. The summed E-state index contributed by atoms with van der Waals surface area (Å²) in [6.07, 6.45) is -0.266. The number of rotatable bonds is 4. The zero-order valence-corrected chi connectivity index (χ0v) is 16.9. The summed E-state index contributed by atoms with van der Waals surface area (Å²) >= 11 is 6.02. The van der Waals surface area contributed by atoms with E-state index in [0.717, 1.165) is 0 Å². The molecule has 2 aromatic heterocycles. The third-order valence-corrected chi connectivity index (χ3v) is 4.55. The second-order valence-electron chi connectivity index (χ2n) is 7.93. The molecule has 1 amide bonds.